The third-order valence-corrected chi connectivity index (χ3v) is 4.37. The van der Waals surface area contributed by atoms with Crippen LogP contribution in [0.25, 0.3) is 0 Å². The molecule has 2 heterocycles. The zero-order valence-electron chi connectivity index (χ0n) is 9.15. The third kappa shape index (κ3) is 2.25. The lowest BCUT2D eigenvalue weighted by Crippen LogP contribution is -2.45. The number of hydrogen-bond acceptors (Lipinski definition) is 4. The van der Waals surface area contributed by atoms with Crippen LogP contribution in [0.4, 0.5) is 10.2 Å². The second kappa shape index (κ2) is 4.75. The van der Waals surface area contributed by atoms with E-state index in [1.165, 1.54) is 0 Å². The number of hydrogen-bond donors (Lipinski definition) is 0. The van der Waals surface area contributed by atoms with Gasteiger partial charge in [0.1, 0.15) is 0 Å². The molecule has 0 saturated carbocycles. The molecule has 0 aromatic carbocycles. The molecule has 88 valence electrons. The van der Waals surface area contributed by atoms with Crippen molar-refractivity contribution in [1.29, 1.82) is 0 Å². The Balaban J connectivity index is 2.31. The van der Waals surface area contributed by atoms with Crippen molar-refractivity contribution in [3.05, 3.63) is 17.3 Å². The summed E-state index contributed by atoms with van der Waals surface area (Å²) in [4.78, 5) is 9.57. The van der Waals surface area contributed by atoms with Crippen molar-refractivity contribution in [3.63, 3.8) is 0 Å². The normalized spacial score (nSPS) is 25.9. The molecule has 0 bridgehead atoms. The van der Waals surface area contributed by atoms with Crippen LogP contribution in [-0.2, 0) is 0 Å². The molecule has 0 spiro atoms. The van der Waals surface area contributed by atoms with Gasteiger partial charge < -0.3 is 4.90 Å². The quantitative estimate of drug-likeness (QED) is 0.727. The maximum atomic E-state index is 13.6. The predicted octanol–water partition coefficient (Wildman–Crippen LogP) is 2.60. The minimum atomic E-state index is -0.407. The van der Waals surface area contributed by atoms with E-state index in [0.717, 1.165) is 18.5 Å². The summed E-state index contributed by atoms with van der Waals surface area (Å²) in [5, 5.41) is 0.552. The SMILES string of the molecule is CC1SCCN(c2nc(Cl)ncc2F)C1C. The minimum Gasteiger partial charge on any atom is -0.349 e. The fourth-order valence-corrected chi connectivity index (χ4v) is 3.00. The third-order valence-electron chi connectivity index (χ3n) is 2.85. The highest BCUT2D eigenvalue weighted by atomic mass is 35.5. The molecule has 2 atom stereocenters. The number of thioether (sulfide) groups is 1. The van der Waals surface area contributed by atoms with Crippen molar-refractivity contribution in [1.82, 2.24) is 9.97 Å². The molecule has 6 heteroatoms. The molecule has 1 saturated heterocycles. The number of halogens is 2. The average molecular weight is 262 g/mol. The van der Waals surface area contributed by atoms with E-state index in [1.807, 2.05) is 16.7 Å². The lowest BCUT2D eigenvalue weighted by atomic mass is 10.2. The highest BCUT2D eigenvalue weighted by Gasteiger charge is 2.28. The Morgan fingerprint density at radius 3 is 3.06 bits per heavy atom. The fraction of sp³-hybridized carbons (Fsp3) is 0.600. The molecule has 0 radical (unpaired) electrons. The molecule has 1 aliphatic heterocycles. The molecule has 0 aliphatic carbocycles. The molecule has 0 N–H and O–H groups in total. The Bertz CT molecular complexity index is 390. The maximum Gasteiger partial charge on any atom is 0.224 e. The topological polar surface area (TPSA) is 29.0 Å². The molecule has 1 fully saturated rings. The molecular weight excluding hydrogens is 249 g/mol. The highest BCUT2D eigenvalue weighted by Crippen LogP contribution is 2.29. The molecule has 1 aromatic rings. The van der Waals surface area contributed by atoms with Crippen LogP contribution >= 0.6 is 23.4 Å². The van der Waals surface area contributed by atoms with Gasteiger partial charge in [-0.1, -0.05) is 6.92 Å². The Morgan fingerprint density at radius 2 is 2.31 bits per heavy atom. The van der Waals surface area contributed by atoms with Gasteiger partial charge in [-0.3, -0.25) is 0 Å². The number of anilines is 1. The van der Waals surface area contributed by atoms with E-state index in [1.54, 1.807) is 0 Å². The predicted molar refractivity (Wildman–Crippen MR) is 65.7 cm³/mol. The second-order valence-electron chi connectivity index (χ2n) is 3.82. The summed E-state index contributed by atoms with van der Waals surface area (Å²) >= 11 is 7.59. The van der Waals surface area contributed by atoms with E-state index in [2.05, 4.69) is 23.8 Å². The molecule has 16 heavy (non-hydrogen) atoms. The molecule has 0 amide bonds. The van der Waals surface area contributed by atoms with Crippen molar-refractivity contribution < 1.29 is 4.39 Å². The largest absolute Gasteiger partial charge is 0.349 e. The van der Waals surface area contributed by atoms with E-state index in [9.17, 15) is 4.39 Å². The van der Waals surface area contributed by atoms with Gasteiger partial charge in [-0.25, -0.2) is 9.37 Å². The van der Waals surface area contributed by atoms with Crippen LogP contribution in [0.2, 0.25) is 5.28 Å². The molecule has 2 unspecified atom stereocenters. The molecule has 2 rings (SSSR count). The van der Waals surface area contributed by atoms with Gasteiger partial charge >= 0.3 is 0 Å². The number of nitrogens with zero attached hydrogens (tertiary/aromatic N) is 3. The Kier molecular flexibility index (Phi) is 3.54. The van der Waals surface area contributed by atoms with Gasteiger partial charge in [0, 0.05) is 23.6 Å². The van der Waals surface area contributed by atoms with Gasteiger partial charge in [-0.15, -0.1) is 0 Å². The van der Waals surface area contributed by atoms with Gasteiger partial charge in [0.15, 0.2) is 11.6 Å². The second-order valence-corrected chi connectivity index (χ2v) is 5.64. The van der Waals surface area contributed by atoms with Gasteiger partial charge in [-0.2, -0.15) is 16.7 Å². The Morgan fingerprint density at radius 1 is 1.56 bits per heavy atom. The molecule has 1 aliphatic rings. The summed E-state index contributed by atoms with van der Waals surface area (Å²) in [7, 11) is 0. The zero-order valence-corrected chi connectivity index (χ0v) is 10.7. The monoisotopic (exact) mass is 261 g/mol. The van der Waals surface area contributed by atoms with Crippen LogP contribution < -0.4 is 4.90 Å². The summed E-state index contributed by atoms with van der Waals surface area (Å²) in [5.74, 6) is 0.891. The van der Waals surface area contributed by atoms with Crippen molar-refractivity contribution in [2.24, 2.45) is 0 Å². The van der Waals surface area contributed by atoms with Gasteiger partial charge in [-0.05, 0) is 18.5 Å². The van der Waals surface area contributed by atoms with Crippen molar-refractivity contribution in [2.45, 2.75) is 25.1 Å². The first kappa shape index (κ1) is 11.9. The van der Waals surface area contributed by atoms with E-state index < -0.39 is 5.82 Å². The summed E-state index contributed by atoms with van der Waals surface area (Å²) in [6, 6.07) is 0.249. The van der Waals surface area contributed by atoms with Crippen molar-refractivity contribution >= 4 is 29.2 Å². The average Bonchev–Trinajstić information content (AvgIpc) is 2.26. The van der Waals surface area contributed by atoms with Crippen LogP contribution in [0.3, 0.4) is 0 Å². The van der Waals surface area contributed by atoms with Crippen LogP contribution in [0, 0.1) is 5.82 Å². The van der Waals surface area contributed by atoms with Crippen LogP contribution in [0.5, 0.6) is 0 Å². The van der Waals surface area contributed by atoms with E-state index in [4.69, 9.17) is 11.6 Å². The Hall–Kier alpha value is -0.550. The Labute approximate surface area is 103 Å². The summed E-state index contributed by atoms with van der Waals surface area (Å²) in [6.07, 6.45) is 1.13. The van der Waals surface area contributed by atoms with E-state index in [-0.39, 0.29) is 11.3 Å². The van der Waals surface area contributed by atoms with Gasteiger partial charge in [0.05, 0.1) is 6.20 Å². The van der Waals surface area contributed by atoms with Crippen LogP contribution in [0.1, 0.15) is 13.8 Å². The summed E-state index contributed by atoms with van der Waals surface area (Å²) < 4.78 is 13.6. The van der Waals surface area contributed by atoms with Gasteiger partial charge in [0.2, 0.25) is 5.28 Å². The smallest absolute Gasteiger partial charge is 0.224 e. The first-order valence-corrected chi connectivity index (χ1v) is 6.58. The fourth-order valence-electron chi connectivity index (χ4n) is 1.77. The first-order valence-electron chi connectivity index (χ1n) is 5.16. The minimum absolute atomic E-state index is 0.0921. The van der Waals surface area contributed by atoms with E-state index in [0.29, 0.717) is 11.1 Å². The number of aromatic nitrogens is 2. The van der Waals surface area contributed by atoms with Crippen molar-refractivity contribution in [3.8, 4) is 0 Å². The molecule has 1 aromatic heterocycles. The molecule has 3 nitrogen and oxygen atoms in total. The van der Waals surface area contributed by atoms with Crippen LogP contribution in [-0.4, -0.2) is 33.6 Å². The highest BCUT2D eigenvalue weighted by molar-refractivity contribution is 8.00. The number of rotatable bonds is 1. The maximum absolute atomic E-state index is 13.6. The molecular formula is C10H13ClFN3S. The first-order chi connectivity index (χ1) is 7.59. The van der Waals surface area contributed by atoms with Gasteiger partial charge in [0.25, 0.3) is 0 Å². The standard InChI is InChI=1S/C10H13ClFN3S/c1-6-7(2)16-4-3-15(6)9-8(12)5-13-10(11)14-9/h5-7H,3-4H2,1-2H3. The lowest BCUT2D eigenvalue weighted by Gasteiger charge is -2.38. The summed E-state index contributed by atoms with van der Waals surface area (Å²) in [5.41, 5.74) is 0. The van der Waals surface area contributed by atoms with Crippen molar-refractivity contribution in [2.75, 3.05) is 17.2 Å². The lowest BCUT2D eigenvalue weighted by molar-refractivity contribution is 0.567. The zero-order chi connectivity index (χ0) is 11.7. The van der Waals surface area contributed by atoms with E-state index >= 15 is 0 Å². The van der Waals surface area contributed by atoms with Crippen LogP contribution in [0.15, 0.2) is 6.20 Å². The summed E-state index contributed by atoms with van der Waals surface area (Å²) in [6.45, 7) is 5.01.